The van der Waals surface area contributed by atoms with Crippen LogP contribution in [0.1, 0.15) is 27.2 Å². The molecule has 17 heavy (non-hydrogen) atoms. The minimum absolute atomic E-state index is 0.0230. The van der Waals surface area contributed by atoms with Crippen LogP contribution in [0.4, 0.5) is 0 Å². The van der Waals surface area contributed by atoms with E-state index in [2.05, 4.69) is 5.32 Å². The molecule has 1 aliphatic heterocycles. The van der Waals surface area contributed by atoms with Gasteiger partial charge in [0.15, 0.2) is 0 Å². The number of carbonyl (C=O) groups excluding carboxylic acids is 3. The highest BCUT2D eigenvalue weighted by atomic mass is 16.2. The van der Waals surface area contributed by atoms with E-state index < -0.39 is 23.9 Å². The zero-order valence-electron chi connectivity index (χ0n) is 10.4. The number of carbonyl (C=O) groups is 3. The van der Waals surface area contributed by atoms with Crippen molar-refractivity contribution >= 4 is 17.7 Å². The third kappa shape index (κ3) is 2.82. The molecule has 0 aliphatic carbocycles. The second-order valence-corrected chi connectivity index (χ2v) is 4.47. The molecule has 96 valence electrons. The van der Waals surface area contributed by atoms with Crippen LogP contribution in [0, 0.1) is 5.92 Å². The quantitative estimate of drug-likeness (QED) is 0.635. The van der Waals surface area contributed by atoms with Gasteiger partial charge in [0.25, 0.3) is 0 Å². The Morgan fingerprint density at radius 1 is 1.59 bits per heavy atom. The third-order valence-corrected chi connectivity index (χ3v) is 3.25. The zero-order chi connectivity index (χ0) is 13.2. The zero-order valence-corrected chi connectivity index (χ0v) is 10.4. The molecule has 0 bridgehead atoms. The van der Waals surface area contributed by atoms with Crippen LogP contribution in [-0.2, 0) is 14.4 Å². The summed E-state index contributed by atoms with van der Waals surface area (Å²) in [6.07, 6.45) is 0.773. The van der Waals surface area contributed by atoms with Gasteiger partial charge < -0.3 is 10.6 Å². The van der Waals surface area contributed by atoms with E-state index in [0.717, 1.165) is 6.42 Å². The van der Waals surface area contributed by atoms with Crippen molar-refractivity contribution in [3.63, 3.8) is 0 Å². The number of rotatable bonds is 3. The van der Waals surface area contributed by atoms with Gasteiger partial charge in [0, 0.05) is 0 Å². The number of hydrogen-bond acceptors (Lipinski definition) is 4. The van der Waals surface area contributed by atoms with Crippen LogP contribution in [0.3, 0.4) is 0 Å². The lowest BCUT2D eigenvalue weighted by atomic mass is 9.98. The fourth-order valence-electron chi connectivity index (χ4n) is 1.67. The molecule has 1 fully saturated rings. The molecule has 0 radical (unpaired) electrons. The van der Waals surface area contributed by atoms with Crippen molar-refractivity contribution in [2.24, 2.45) is 11.7 Å². The molecule has 0 aromatic heterocycles. The molecule has 0 aromatic rings. The van der Waals surface area contributed by atoms with Crippen LogP contribution in [0.2, 0.25) is 0 Å². The second kappa shape index (κ2) is 5.27. The molecule has 6 heteroatoms. The number of piperazine rings is 1. The van der Waals surface area contributed by atoms with E-state index in [9.17, 15) is 14.4 Å². The van der Waals surface area contributed by atoms with Gasteiger partial charge >= 0.3 is 0 Å². The van der Waals surface area contributed by atoms with Crippen LogP contribution >= 0.6 is 0 Å². The van der Waals surface area contributed by atoms with Gasteiger partial charge in [0.2, 0.25) is 17.7 Å². The van der Waals surface area contributed by atoms with E-state index in [-0.39, 0.29) is 18.4 Å². The minimum Gasteiger partial charge on any atom is -0.320 e. The molecule has 1 aliphatic rings. The SMILES string of the molecule is CC[C@H](C)[C@H](N)C(=O)N1CC(=O)NC(=O)C1C. The molecule has 3 atom stereocenters. The summed E-state index contributed by atoms with van der Waals surface area (Å²) in [6.45, 7) is 5.30. The van der Waals surface area contributed by atoms with E-state index >= 15 is 0 Å². The fraction of sp³-hybridized carbons (Fsp3) is 0.727. The topological polar surface area (TPSA) is 92.5 Å². The highest BCUT2D eigenvalue weighted by Crippen LogP contribution is 2.12. The fourth-order valence-corrected chi connectivity index (χ4v) is 1.67. The lowest BCUT2D eigenvalue weighted by molar-refractivity contribution is -0.150. The van der Waals surface area contributed by atoms with Gasteiger partial charge in [-0.2, -0.15) is 0 Å². The molecule has 1 heterocycles. The summed E-state index contributed by atoms with van der Waals surface area (Å²) in [4.78, 5) is 36.0. The van der Waals surface area contributed by atoms with E-state index in [1.807, 2.05) is 13.8 Å². The van der Waals surface area contributed by atoms with Crippen LogP contribution in [0.15, 0.2) is 0 Å². The van der Waals surface area contributed by atoms with Gasteiger partial charge in [0.05, 0.1) is 6.04 Å². The molecule has 3 N–H and O–H groups in total. The van der Waals surface area contributed by atoms with E-state index in [0.29, 0.717) is 0 Å². The predicted molar refractivity (Wildman–Crippen MR) is 61.8 cm³/mol. The van der Waals surface area contributed by atoms with Crippen molar-refractivity contribution in [1.29, 1.82) is 0 Å². The molecule has 0 saturated carbocycles. The van der Waals surface area contributed by atoms with Crippen LogP contribution in [0.25, 0.3) is 0 Å². The molecule has 0 spiro atoms. The first-order valence-electron chi connectivity index (χ1n) is 5.78. The first kappa shape index (κ1) is 13.6. The number of nitrogens with one attached hydrogen (secondary N) is 1. The first-order valence-corrected chi connectivity index (χ1v) is 5.78. The summed E-state index contributed by atoms with van der Waals surface area (Å²) in [7, 11) is 0. The number of nitrogens with two attached hydrogens (primary N) is 1. The molecular weight excluding hydrogens is 222 g/mol. The Balaban J connectivity index is 2.80. The van der Waals surface area contributed by atoms with Gasteiger partial charge in [-0.3, -0.25) is 19.7 Å². The summed E-state index contributed by atoms with van der Waals surface area (Å²) in [5, 5.41) is 2.18. The molecule has 1 rings (SSSR count). The maximum Gasteiger partial charge on any atom is 0.249 e. The standard InChI is InChI=1S/C11H19N3O3/c1-4-6(2)9(12)11(17)14-5-8(15)13-10(16)7(14)3/h6-7,9H,4-5,12H2,1-3H3,(H,13,15,16)/t6-,7?,9-/m0/s1. The van der Waals surface area contributed by atoms with Crippen LogP contribution in [-0.4, -0.2) is 41.2 Å². The van der Waals surface area contributed by atoms with E-state index in [1.165, 1.54) is 4.90 Å². The lowest BCUT2D eigenvalue weighted by Gasteiger charge is -2.34. The molecule has 1 saturated heterocycles. The van der Waals surface area contributed by atoms with Crippen molar-refractivity contribution in [3.8, 4) is 0 Å². The normalized spacial score (nSPS) is 24.2. The smallest absolute Gasteiger partial charge is 0.249 e. The van der Waals surface area contributed by atoms with Crippen molar-refractivity contribution < 1.29 is 14.4 Å². The monoisotopic (exact) mass is 241 g/mol. The lowest BCUT2D eigenvalue weighted by Crippen LogP contribution is -2.62. The predicted octanol–water partition coefficient (Wildman–Crippen LogP) is -0.767. The Morgan fingerprint density at radius 3 is 2.71 bits per heavy atom. The summed E-state index contributed by atoms with van der Waals surface area (Å²) < 4.78 is 0. The van der Waals surface area contributed by atoms with Gasteiger partial charge in [-0.05, 0) is 12.8 Å². The van der Waals surface area contributed by atoms with Gasteiger partial charge in [-0.15, -0.1) is 0 Å². The Hall–Kier alpha value is -1.43. The average molecular weight is 241 g/mol. The van der Waals surface area contributed by atoms with Gasteiger partial charge in [0.1, 0.15) is 12.6 Å². The molecule has 0 aromatic carbocycles. The highest BCUT2D eigenvalue weighted by Gasteiger charge is 2.36. The second-order valence-electron chi connectivity index (χ2n) is 4.47. The largest absolute Gasteiger partial charge is 0.320 e. The molecule has 6 nitrogen and oxygen atoms in total. The summed E-state index contributed by atoms with van der Waals surface area (Å²) in [6, 6.07) is -1.31. The number of amides is 3. The maximum atomic E-state index is 12.1. The first-order chi connectivity index (χ1) is 7.88. The van der Waals surface area contributed by atoms with Crippen molar-refractivity contribution in [1.82, 2.24) is 10.2 Å². The van der Waals surface area contributed by atoms with Crippen molar-refractivity contribution in [3.05, 3.63) is 0 Å². The number of hydrogen-bond donors (Lipinski definition) is 2. The maximum absolute atomic E-state index is 12.1. The van der Waals surface area contributed by atoms with E-state index in [1.54, 1.807) is 6.92 Å². The molecule has 3 amide bonds. The summed E-state index contributed by atoms with van der Waals surface area (Å²) in [5.41, 5.74) is 5.82. The summed E-state index contributed by atoms with van der Waals surface area (Å²) in [5.74, 6) is -1.23. The number of imide groups is 1. The van der Waals surface area contributed by atoms with Crippen LogP contribution in [0.5, 0.6) is 0 Å². The van der Waals surface area contributed by atoms with Crippen LogP contribution < -0.4 is 11.1 Å². The summed E-state index contributed by atoms with van der Waals surface area (Å²) >= 11 is 0. The van der Waals surface area contributed by atoms with Gasteiger partial charge in [-0.25, -0.2) is 0 Å². The average Bonchev–Trinajstić information content (AvgIpc) is 2.30. The van der Waals surface area contributed by atoms with E-state index in [4.69, 9.17) is 5.73 Å². The van der Waals surface area contributed by atoms with Crippen molar-refractivity contribution in [2.45, 2.75) is 39.3 Å². The Bertz CT molecular complexity index is 343. The van der Waals surface area contributed by atoms with Gasteiger partial charge in [-0.1, -0.05) is 20.3 Å². The Labute approximate surface area is 101 Å². The third-order valence-electron chi connectivity index (χ3n) is 3.25. The Kier molecular flexibility index (Phi) is 4.22. The Morgan fingerprint density at radius 2 is 2.18 bits per heavy atom. The van der Waals surface area contributed by atoms with Crippen molar-refractivity contribution in [2.75, 3.05) is 6.54 Å². The number of nitrogens with zero attached hydrogens (tertiary/aromatic N) is 1. The minimum atomic E-state index is -0.666. The molecular formula is C11H19N3O3. The molecule has 1 unspecified atom stereocenters. The highest BCUT2D eigenvalue weighted by molar-refractivity contribution is 6.04.